The summed E-state index contributed by atoms with van der Waals surface area (Å²) in [5.41, 5.74) is 0. The van der Waals surface area contributed by atoms with Crippen LogP contribution < -0.4 is 5.32 Å². The van der Waals surface area contributed by atoms with Crippen molar-refractivity contribution in [2.45, 2.75) is 39.0 Å². The van der Waals surface area contributed by atoms with Gasteiger partial charge in [-0.3, -0.25) is 0 Å². The molecule has 0 atom stereocenters. The second-order valence-corrected chi connectivity index (χ2v) is 7.15. The van der Waals surface area contributed by atoms with Gasteiger partial charge in [-0.25, -0.2) is 12.7 Å². The lowest BCUT2D eigenvalue weighted by Crippen LogP contribution is -2.37. The fraction of sp³-hybridized carbons (Fsp3) is 1.00. The van der Waals surface area contributed by atoms with Crippen molar-refractivity contribution in [3.63, 3.8) is 0 Å². The average molecular weight is 262 g/mol. The van der Waals surface area contributed by atoms with Crippen LogP contribution in [-0.4, -0.2) is 45.2 Å². The van der Waals surface area contributed by atoms with E-state index in [-0.39, 0.29) is 5.75 Å². The summed E-state index contributed by atoms with van der Waals surface area (Å²) in [4.78, 5) is 0. The summed E-state index contributed by atoms with van der Waals surface area (Å²) in [5, 5.41) is 3.06. The molecule has 0 amide bonds. The highest BCUT2D eigenvalue weighted by molar-refractivity contribution is 7.89. The van der Waals surface area contributed by atoms with Gasteiger partial charge >= 0.3 is 0 Å². The topological polar surface area (TPSA) is 49.4 Å². The number of sulfonamides is 1. The minimum atomic E-state index is -3.06. The molecule has 0 saturated heterocycles. The standard InChI is InChI=1S/C12H26N2O2S/c1-3-13-9-10-17(15,16)14(2)11-12-7-5-4-6-8-12/h12-13H,3-11H2,1-2H3. The maximum atomic E-state index is 12.0. The first-order valence-corrected chi connectivity index (χ1v) is 8.32. The summed E-state index contributed by atoms with van der Waals surface area (Å²) in [7, 11) is -1.34. The molecule has 0 unspecified atom stereocenters. The third-order valence-electron chi connectivity index (χ3n) is 3.50. The SMILES string of the molecule is CCNCCS(=O)(=O)N(C)CC1CCCCC1. The Morgan fingerprint density at radius 1 is 1.24 bits per heavy atom. The van der Waals surface area contributed by atoms with Gasteiger partial charge in [0.25, 0.3) is 0 Å². The predicted molar refractivity (Wildman–Crippen MR) is 71.5 cm³/mol. The molecule has 0 aliphatic heterocycles. The van der Waals surface area contributed by atoms with Crippen LogP contribution in [0.25, 0.3) is 0 Å². The van der Waals surface area contributed by atoms with Crippen LogP contribution in [0, 0.1) is 5.92 Å². The molecule has 17 heavy (non-hydrogen) atoms. The Balaban J connectivity index is 2.36. The Morgan fingerprint density at radius 2 is 1.88 bits per heavy atom. The minimum absolute atomic E-state index is 0.212. The lowest BCUT2D eigenvalue weighted by atomic mass is 9.89. The van der Waals surface area contributed by atoms with Gasteiger partial charge in [-0.1, -0.05) is 26.2 Å². The van der Waals surface area contributed by atoms with E-state index in [2.05, 4.69) is 5.32 Å². The lowest BCUT2D eigenvalue weighted by Gasteiger charge is -2.26. The van der Waals surface area contributed by atoms with E-state index in [4.69, 9.17) is 0 Å². The van der Waals surface area contributed by atoms with Crippen LogP contribution >= 0.6 is 0 Å². The van der Waals surface area contributed by atoms with Gasteiger partial charge in [0.05, 0.1) is 5.75 Å². The van der Waals surface area contributed by atoms with E-state index in [0.717, 1.165) is 6.54 Å². The highest BCUT2D eigenvalue weighted by atomic mass is 32.2. The normalized spacial score (nSPS) is 18.8. The number of hydrogen-bond acceptors (Lipinski definition) is 3. The van der Waals surface area contributed by atoms with Gasteiger partial charge in [0.15, 0.2) is 0 Å². The lowest BCUT2D eigenvalue weighted by molar-refractivity contribution is 0.300. The Kier molecular flexibility index (Phi) is 6.44. The van der Waals surface area contributed by atoms with Gasteiger partial charge in [-0.2, -0.15) is 0 Å². The van der Waals surface area contributed by atoms with Crippen molar-refractivity contribution in [1.82, 2.24) is 9.62 Å². The van der Waals surface area contributed by atoms with Crippen molar-refractivity contribution in [1.29, 1.82) is 0 Å². The minimum Gasteiger partial charge on any atom is -0.316 e. The van der Waals surface area contributed by atoms with Crippen LogP contribution in [0.3, 0.4) is 0 Å². The van der Waals surface area contributed by atoms with E-state index in [9.17, 15) is 8.42 Å². The monoisotopic (exact) mass is 262 g/mol. The van der Waals surface area contributed by atoms with Crippen LogP contribution in [0.1, 0.15) is 39.0 Å². The zero-order chi connectivity index (χ0) is 12.7. The molecular formula is C12H26N2O2S. The number of hydrogen-bond donors (Lipinski definition) is 1. The molecule has 0 aromatic rings. The molecule has 0 heterocycles. The molecule has 0 radical (unpaired) electrons. The van der Waals surface area contributed by atoms with Gasteiger partial charge in [-0.05, 0) is 25.3 Å². The molecule has 1 aliphatic carbocycles. The van der Waals surface area contributed by atoms with Crippen LogP contribution in [-0.2, 0) is 10.0 Å². The van der Waals surface area contributed by atoms with E-state index in [0.29, 0.717) is 19.0 Å². The van der Waals surface area contributed by atoms with Crippen molar-refractivity contribution in [2.75, 3.05) is 32.4 Å². The van der Waals surface area contributed by atoms with E-state index in [1.165, 1.54) is 32.1 Å². The van der Waals surface area contributed by atoms with Gasteiger partial charge in [0, 0.05) is 20.1 Å². The van der Waals surface area contributed by atoms with Crippen molar-refractivity contribution in [2.24, 2.45) is 5.92 Å². The first-order chi connectivity index (χ1) is 8.06. The highest BCUT2D eigenvalue weighted by Crippen LogP contribution is 2.24. The maximum absolute atomic E-state index is 12.0. The first kappa shape index (κ1) is 14.9. The van der Waals surface area contributed by atoms with Crippen molar-refractivity contribution >= 4 is 10.0 Å². The summed E-state index contributed by atoms with van der Waals surface area (Å²) in [6, 6.07) is 0. The van der Waals surface area contributed by atoms with Gasteiger partial charge in [0.1, 0.15) is 0 Å². The molecule has 0 bridgehead atoms. The summed E-state index contributed by atoms with van der Waals surface area (Å²) < 4.78 is 25.5. The largest absolute Gasteiger partial charge is 0.316 e. The smallest absolute Gasteiger partial charge is 0.215 e. The Labute approximate surface area is 106 Å². The third kappa shape index (κ3) is 5.36. The second-order valence-electron chi connectivity index (χ2n) is 4.95. The van der Waals surface area contributed by atoms with Gasteiger partial charge in [0.2, 0.25) is 10.0 Å². The number of rotatable bonds is 7. The second kappa shape index (κ2) is 7.34. The molecule has 1 fully saturated rings. The molecule has 4 nitrogen and oxygen atoms in total. The first-order valence-electron chi connectivity index (χ1n) is 6.71. The van der Waals surface area contributed by atoms with Crippen molar-refractivity contribution < 1.29 is 8.42 Å². The van der Waals surface area contributed by atoms with Gasteiger partial charge < -0.3 is 5.32 Å². The summed E-state index contributed by atoms with van der Waals surface area (Å²) >= 11 is 0. The molecule has 1 aliphatic rings. The predicted octanol–water partition coefficient (Wildman–Crippen LogP) is 1.44. The van der Waals surface area contributed by atoms with Crippen LogP contribution in [0.2, 0.25) is 0 Å². The summed E-state index contributed by atoms with van der Waals surface area (Å²) in [5.74, 6) is 0.784. The van der Waals surface area contributed by atoms with Crippen molar-refractivity contribution in [3.05, 3.63) is 0 Å². The highest BCUT2D eigenvalue weighted by Gasteiger charge is 2.22. The zero-order valence-corrected chi connectivity index (χ0v) is 11.9. The Hall–Kier alpha value is -0.130. The molecule has 102 valence electrons. The van der Waals surface area contributed by atoms with Gasteiger partial charge in [-0.15, -0.1) is 0 Å². The fourth-order valence-electron chi connectivity index (χ4n) is 2.38. The Morgan fingerprint density at radius 3 is 2.47 bits per heavy atom. The molecule has 0 aromatic carbocycles. The van der Waals surface area contributed by atoms with Crippen LogP contribution in [0.15, 0.2) is 0 Å². The quantitative estimate of drug-likeness (QED) is 0.706. The van der Waals surface area contributed by atoms with Crippen LogP contribution in [0.4, 0.5) is 0 Å². The summed E-state index contributed by atoms with van der Waals surface area (Å²) in [6.45, 7) is 4.06. The van der Waals surface area contributed by atoms with Crippen molar-refractivity contribution in [3.8, 4) is 0 Å². The molecule has 0 aromatic heterocycles. The van der Waals surface area contributed by atoms with Crippen LogP contribution in [0.5, 0.6) is 0 Å². The molecule has 5 heteroatoms. The average Bonchev–Trinajstić information content (AvgIpc) is 2.30. The third-order valence-corrected chi connectivity index (χ3v) is 5.32. The summed E-state index contributed by atoms with van der Waals surface area (Å²) in [6.07, 6.45) is 6.21. The van der Waals surface area contributed by atoms with E-state index < -0.39 is 10.0 Å². The molecule has 0 spiro atoms. The molecular weight excluding hydrogens is 236 g/mol. The number of nitrogens with zero attached hydrogens (tertiary/aromatic N) is 1. The van der Waals surface area contributed by atoms with E-state index in [1.54, 1.807) is 11.4 Å². The van der Waals surface area contributed by atoms with E-state index in [1.807, 2.05) is 6.92 Å². The molecule has 1 N–H and O–H groups in total. The zero-order valence-electron chi connectivity index (χ0n) is 11.1. The van der Waals surface area contributed by atoms with E-state index >= 15 is 0 Å². The fourth-order valence-corrected chi connectivity index (χ4v) is 3.53. The Bertz CT molecular complexity index is 298. The number of nitrogens with one attached hydrogen (secondary N) is 1. The molecule has 1 saturated carbocycles. The molecule has 1 rings (SSSR count). The maximum Gasteiger partial charge on any atom is 0.215 e.